The van der Waals surface area contributed by atoms with Crippen molar-refractivity contribution in [3.8, 4) is 0 Å². The highest BCUT2D eigenvalue weighted by Crippen LogP contribution is 2.21. The molecule has 0 aromatic heterocycles. The van der Waals surface area contributed by atoms with Crippen molar-refractivity contribution in [1.82, 2.24) is 4.90 Å². The molecule has 0 spiro atoms. The van der Waals surface area contributed by atoms with Crippen molar-refractivity contribution < 1.29 is 14.7 Å². The van der Waals surface area contributed by atoms with Crippen molar-refractivity contribution in [3.63, 3.8) is 0 Å². The molecule has 1 unspecified atom stereocenters. The summed E-state index contributed by atoms with van der Waals surface area (Å²) >= 11 is 3.27. The van der Waals surface area contributed by atoms with Gasteiger partial charge in [0.2, 0.25) is 5.91 Å². The van der Waals surface area contributed by atoms with Crippen LogP contribution in [0.3, 0.4) is 0 Å². The van der Waals surface area contributed by atoms with Gasteiger partial charge in [0.1, 0.15) is 0 Å². The summed E-state index contributed by atoms with van der Waals surface area (Å²) in [6.07, 6.45) is 0. The van der Waals surface area contributed by atoms with Crippen LogP contribution in [0, 0.1) is 0 Å². The number of nitrogens with zero attached hydrogens (tertiary/aromatic N) is 1. The number of benzene rings is 1. The van der Waals surface area contributed by atoms with Gasteiger partial charge >= 0.3 is 5.97 Å². The van der Waals surface area contributed by atoms with Crippen LogP contribution in [0.1, 0.15) is 18.5 Å². The van der Waals surface area contributed by atoms with Gasteiger partial charge in [-0.2, -0.15) is 0 Å². The van der Waals surface area contributed by atoms with Gasteiger partial charge in [-0.3, -0.25) is 4.79 Å². The molecule has 16 heavy (non-hydrogen) atoms. The van der Waals surface area contributed by atoms with E-state index in [9.17, 15) is 9.59 Å². The lowest BCUT2D eigenvalue weighted by atomic mass is 10.1. The predicted octanol–water partition coefficient (Wildman–Crippen LogP) is 2.05. The van der Waals surface area contributed by atoms with Crippen molar-refractivity contribution in [3.05, 3.63) is 34.3 Å². The number of rotatable bonds is 3. The second-order valence-corrected chi connectivity index (χ2v) is 4.34. The maximum absolute atomic E-state index is 11.2. The van der Waals surface area contributed by atoms with Crippen LogP contribution in [0.25, 0.3) is 0 Å². The molecule has 0 bridgehead atoms. The van der Waals surface area contributed by atoms with E-state index < -0.39 is 12.0 Å². The van der Waals surface area contributed by atoms with Crippen molar-refractivity contribution >= 4 is 27.8 Å². The maximum atomic E-state index is 11.2. The Morgan fingerprint density at radius 2 is 1.81 bits per heavy atom. The SMILES string of the molecule is CC(=O)N(C)C(C(=O)O)c1ccc(Br)cc1. The lowest BCUT2D eigenvalue weighted by Gasteiger charge is -2.23. The molecule has 0 saturated heterocycles. The molecule has 1 N–H and O–H groups in total. The molecule has 1 aromatic rings. The van der Waals surface area contributed by atoms with Gasteiger partial charge in [0.05, 0.1) is 0 Å². The van der Waals surface area contributed by atoms with Crippen LogP contribution < -0.4 is 0 Å². The van der Waals surface area contributed by atoms with Crippen molar-refractivity contribution in [2.24, 2.45) is 0 Å². The zero-order valence-corrected chi connectivity index (χ0v) is 10.6. The summed E-state index contributed by atoms with van der Waals surface area (Å²) < 4.78 is 0.867. The Morgan fingerprint density at radius 3 is 2.19 bits per heavy atom. The quantitative estimate of drug-likeness (QED) is 0.925. The number of carbonyl (C=O) groups excluding carboxylic acids is 1. The number of aliphatic carboxylic acids is 1. The monoisotopic (exact) mass is 285 g/mol. The van der Waals surface area contributed by atoms with Gasteiger partial charge < -0.3 is 10.0 Å². The Balaban J connectivity index is 3.07. The van der Waals surface area contributed by atoms with E-state index in [0.29, 0.717) is 5.56 Å². The standard InChI is InChI=1S/C11H12BrNO3/c1-7(14)13(2)10(11(15)16)8-3-5-9(12)6-4-8/h3-6,10H,1-2H3,(H,15,16). The minimum absolute atomic E-state index is 0.282. The Bertz CT molecular complexity index is 402. The minimum Gasteiger partial charge on any atom is -0.479 e. The smallest absolute Gasteiger partial charge is 0.331 e. The van der Waals surface area contributed by atoms with E-state index in [1.807, 2.05) is 0 Å². The first-order valence-corrected chi connectivity index (χ1v) is 5.44. The normalized spacial score (nSPS) is 11.9. The molecule has 1 rings (SSSR count). The van der Waals surface area contributed by atoms with Crippen LogP contribution in [0.5, 0.6) is 0 Å². The lowest BCUT2D eigenvalue weighted by molar-refractivity contribution is -0.148. The molecule has 0 saturated carbocycles. The van der Waals surface area contributed by atoms with E-state index in [0.717, 1.165) is 4.47 Å². The van der Waals surface area contributed by atoms with Gasteiger partial charge in [-0.25, -0.2) is 4.79 Å². The van der Waals surface area contributed by atoms with E-state index in [-0.39, 0.29) is 5.91 Å². The molecule has 86 valence electrons. The summed E-state index contributed by atoms with van der Waals surface area (Å²) in [5, 5.41) is 9.11. The number of halogens is 1. The third-order valence-electron chi connectivity index (χ3n) is 2.30. The van der Waals surface area contributed by atoms with Gasteiger partial charge in [-0.1, -0.05) is 28.1 Å². The Morgan fingerprint density at radius 1 is 1.31 bits per heavy atom. The van der Waals surface area contributed by atoms with Crippen LogP contribution in [0.15, 0.2) is 28.7 Å². The summed E-state index contributed by atoms with van der Waals surface area (Å²) in [7, 11) is 1.48. The van der Waals surface area contributed by atoms with Crippen LogP contribution in [0.2, 0.25) is 0 Å². The lowest BCUT2D eigenvalue weighted by Crippen LogP contribution is -2.34. The van der Waals surface area contributed by atoms with Gasteiger partial charge in [-0.15, -0.1) is 0 Å². The number of carboxylic acids is 1. The molecule has 4 nitrogen and oxygen atoms in total. The number of likely N-dealkylation sites (N-methyl/N-ethyl adjacent to an activating group) is 1. The molecule has 0 aliphatic rings. The van der Waals surface area contributed by atoms with Crippen LogP contribution >= 0.6 is 15.9 Å². The van der Waals surface area contributed by atoms with E-state index >= 15 is 0 Å². The first-order chi connectivity index (χ1) is 7.43. The molecule has 1 atom stereocenters. The van der Waals surface area contributed by atoms with E-state index in [1.54, 1.807) is 24.3 Å². The molecular weight excluding hydrogens is 274 g/mol. The van der Waals surface area contributed by atoms with Crippen molar-refractivity contribution in [2.45, 2.75) is 13.0 Å². The number of carboxylic acid groups (broad SMARTS) is 1. The summed E-state index contributed by atoms with van der Waals surface area (Å²) in [5.74, 6) is -1.32. The summed E-state index contributed by atoms with van der Waals surface area (Å²) in [4.78, 5) is 23.5. The Labute approximate surface area is 102 Å². The number of carbonyl (C=O) groups is 2. The molecule has 0 fully saturated rings. The number of amides is 1. The van der Waals surface area contributed by atoms with Crippen molar-refractivity contribution in [1.29, 1.82) is 0 Å². The molecule has 5 heteroatoms. The highest BCUT2D eigenvalue weighted by atomic mass is 79.9. The highest BCUT2D eigenvalue weighted by molar-refractivity contribution is 9.10. The topological polar surface area (TPSA) is 57.6 Å². The second kappa shape index (κ2) is 5.12. The average Bonchev–Trinajstić information content (AvgIpc) is 2.20. The first kappa shape index (κ1) is 12.7. The van der Waals surface area contributed by atoms with E-state index in [1.165, 1.54) is 18.9 Å². The van der Waals surface area contributed by atoms with Crippen LogP contribution in [-0.2, 0) is 9.59 Å². The average molecular weight is 286 g/mol. The van der Waals surface area contributed by atoms with Gasteiger partial charge in [0.25, 0.3) is 0 Å². The third kappa shape index (κ3) is 2.82. The molecule has 0 heterocycles. The van der Waals surface area contributed by atoms with Crippen LogP contribution in [-0.4, -0.2) is 28.9 Å². The van der Waals surface area contributed by atoms with E-state index in [4.69, 9.17) is 5.11 Å². The van der Waals surface area contributed by atoms with Crippen LogP contribution in [0.4, 0.5) is 0 Å². The fourth-order valence-electron chi connectivity index (χ4n) is 1.36. The van der Waals surface area contributed by atoms with Gasteiger partial charge in [0, 0.05) is 18.4 Å². The number of hydrogen-bond acceptors (Lipinski definition) is 2. The van der Waals surface area contributed by atoms with E-state index in [2.05, 4.69) is 15.9 Å². The van der Waals surface area contributed by atoms with Gasteiger partial charge in [-0.05, 0) is 17.7 Å². The Kier molecular flexibility index (Phi) is 4.06. The maximum Gasteiger partial charge on any atom is 0.331 e. The second-order valence-electron chi connectivity index (χ2n) is 3.42. The molecule has 1 aromatic carbocycles. The highest BCUT2D eigenvalue weighted by Gasteiger charge is 2.26. The van der Waals surface area contributed by atoms with Crippen molar-refractivity contribution in [2.75, 3.05) is 7.05 Å². The third-order valence-corrected chi connectivity index (χ3v) is 2.83. The zero-order chi connectivity index (χ0) is 12.3. The summed E-state index contributed by atoms with van der Waals surface area (Å²) in [6, 6.07) is 5.92. The Hall–Kier alpha value is -1.36. The summed E-state index contributed by atoms with van der Waals surface area (Å²) in [6.45, 7) is 1.34. The number of hydrogen-bond donors (Lipinski definition) is 1. The molecule has 1 amide bonds. The predicted molar refractivity (Wildman–Crippen MR) is 63.0 cm³/mol. The summed E-state index contributed by atoms with van der Waals surface area (Å²) in [5.41, 5.74) is 0.577. The molecule has 0 radical (unpaired) electrons. The molecular formula is C11H12BrNO3. The fourth-order valence-corrected chi connectivity index (χ4v) is 1.62. The first-order valence-electron chi connectivity index (χ1n) is 4.65. The fraction of sp³-hybridized carbons (Fsp3) is 0.273. The molecule has 0 aliphatic carbocycles. The zero-order valence-electron chi connectivity index (χ0n) is 8.98. The van der Waals surface area contributed by atoms with Gasteiger partial charge in [0.15, 0.2) is 6.04 Å². The largest absolute Gasteiger partial charge is 0.479 e. The molecule has 0 aliphatic heterocycles. The minimum atomic E-state index is -1.04.